The van der Waals surface area contributed by atoms with Gasteiger partial charge in [-0.25, -0.2) is 0 Å². The lowest BCUT2D eigenvalue weighted by molar-refractivity contribution is 0.0732. The van der Waals surface area contributed by atoms with E-state index in [0.717, 1.165) is 11.8 Å². The molecule has 3 unspecified atom stereocenters. The molecular weight excluding hydrogens is 186 g/mol. The van der Waals surface area contributed by atoms with Crippen molar-refractivity contribution < 1.29 is 5.11 Å². The molecule has 2 nitrogen and oxygen atoms in total. The molecule has 2 rings (SSSR count). The molecule has 0 aromatic heterocycles. The van der Waals surface area contributed by atoms with Crippen LogP contribution in [0.15, 0.2) is 0 Å². The van der Waals surface area contributed by atoms with Gasteiger partial charge in [0.05, 0.1) is 0 Å². The Hall–Kier alpha value is -0.0800. The maximum absolute atomic E-state index is 7.57. The minimum absolute atomic E-state index is 0.250. The molecule has 2 bridgehead atoms. The number of nitrogens with one attached hydrogen (secondary N) is 1. The van der Waals surface area contributed by atoms with Gasteiger partial charge in [0.15, 0.2) is 0 Å². The van der Waals surface area contributed by atoms with Gasteiger partial charge < -0.3 is 10.4 Å². The molecule has 0 radical (unpaired) electrons. The molecule has 2 saturated carbocycles. The third-order valence-electron chi connectivity index (χ3n) is 5.13. The lowest BCUT2D eigenvalue weighted by Gasteiger charge is -2.47. The molecule has 0 aromatic rings. The Morgan fingerprint density at radius 2 is 1.67 bits per heavy atom. The topological polar surface area (TPSA) is 32.3 Å². The van der Waals surface area contributed by atoms with E-state index in [9.17, 15) is 0 Å². The number of fused-ring (bicyclic) bond motifs is 2. The third-order valence-corrected chi connectivity index (χ3v) is 5.13. The van der Waals surface area contributed by atoms with E-state index in [4.69, 9.17) is 5.11 Å². The van der Waals surface area contributed by atoms with Crippen molar-refractivity contribution in [2.45, 2.75) is 52.5 Å². The Morgan fingerprint density at radius 1 is 1.20 bits per heavy atom. The van der Waals surface area contributed by atoms with Crippen LogP contribution in [0.25, 0.3) is 0 Å². The standard InChI is InChI=1S/C11H21N.C2H6O/c1-10(2)8-5-6-9(7-8)11(10,3)12-4;1-2-3/h8-9,12H,5-7H2,1-4H3;3H,2H2,1H3. The summed E-state index contributed by atoms with van der Waals surface area (Å²) in [5.74, 6) is 1.91. The van der Waals surface area contributed by atoms with Crippen LogP contribution in [0, 0.1) is 17.3 Å². The van der Waals surface area contributed by atoms with E-state index in [1.807, 2.05) is 0 Å². The monoisotopic (exact) mass is 213 g/mol. The number of rotatable bonds is 1. The van der Waals surface area contributed by atoms with E-state index < -0.39 is 0 Å². The van der Waals surface area contributed by atoms with Gasteiger partial charge in [-0.05, 0) is 57.4 Å². The van der Waals surface area contributed by atoms with Crippen LogP contribution in [-0.2, 0) is 0 Å². The molecule has 15 heavy (non-hydrogen) atoms. The first kappa shape index (κ1) is 13.0. The molecule has 0 amide bonds. The highest BCUT2D eigenvalue weighted by Gasteiger charge is 2.59. The Kier molecular flexibility index (Phi) is 3.83. The van der Waals surface area contributed by atoms with E-state index >= 15 is 0 Å². The highest BCUT2D eigenvalue weighted by Crippen LogP contribution is 2.60. The fourth-order valence-corrected chi connectivity index (χ4v) is 3.64. The number of hydrogen-bond donors (Lipinski definition) is 2. The van der Waals surface area contributed by atoms with Gasteiger partial charge in [-0.3, -0.25) is 0 Å². The summed E-state index contributed by atoms with van der Waals surface area (Å²) in [4.78, 5) is 0. The van der Waals surface area contributed by atoms with Crippen LogP contribution in [0.1, 0.15) is 47.0 Å². The van der Waals surface area contributed by atoms with Crippen molar-refractivity contribution in [1.29, 1.82) is 0 Å². The van der Waals surface area contributed by atoms with Crippen molar-refractivity contribution in [3.05, 3.63) is 0 Å². The Bertz CT molecular complexity index is 215. The first-order valence-electron chi connectivity index (χ1n) is 6.23. The second kappa shape index (κ2) is 4.42. The fourth-order valence-electron chi connectivity index (χ4n) is 3.64. The van der Waals surface area contributed by atoms with Crippen LogP contribution in [0.4, 0.5) is 0 Å². The number of hydrogen-bond acceptors (Lipinski definition) is 2. The van der Waals surface area contributed by atoms with Crippen LogP contribution in [-0.4, -0.2) is 24.3 Å². The maximum Gasteiger partial charge on any atom is 0.0402 e. The maximum atomic E-state index is 7.57. The second-order valence-corrected chi connectivity index (χ2v) is 5.70. The first-order valence-corrected chi connectivity index (χ1v) is 6.23. The Morgan fingerprint density at radius 3 is 1.93 bits per heavy atom. The summed E-state index contributed by atoms with van der Waals surface area (Å²) >= 11 is 0. The van der Waals surface area contributed by atoms with E-state index in [1.165, 1.54) is 19.3 Å². The summed E-state index contributed by atoms with van der Waals surface area (Å²) in [6.45, 7) is 9.22. The molecule has 2 heteroatoms. The Balaban J connectivity index is 0.000000337. The first-order chi connectivity index (χ1) is 6.94. The van der Waals surface area contributed by atoms with Crippen molar-refractivity contribution in [3.63, 3.8) is 0 Å². The summed E-state index contributed by atoms with van der Waals surface area (Å²) in [7, 11) is 2.13. The molecular formula is C13H27NO. The molecule has 0 spiro atoms. The molecule has 0 aromatic carbocycles. The van der Waals surface area contributed by atoms with Crippen molar-refractivity contribution in [3.8, 4) is 0 Å². The second-order valence-electron chi connectivity index (χ2n) is 5.70. The molecule has 90 valence electrons. The van der Waals surface area contributed by atoms with E-state index in [-0.39, 0.29) is 6.61 Å². The summed E-state index contributed by atoms with van der Waals surface area (Å²) in [6, 6.07) is 0. The molecule has 2 fully saturated rings. The van der Waals surface area contributed by atoms with Crippen LogP contribution in [0.2, 0.25) is 0 Å². The van der Waals surface area contributed by atoms with Crippen molar-refractivity contribution in [1.82, 2.24) is 5.32 Å². The average Bonchev–Trinajstić information content (AvgIpc) is 2.71. The van der Waals surface area contributed by atoms with Gasteiger partial charge in [0.2, 0.25) is 0 Å². The van der Waals surface area contributed by atoms with Gasteiger partial charge in [-0.1, -0.05) is 13.8 Å². The minimum atomic E-state index is 0.250. The number of aliphatic hydroxyl groups excluding tert-OH is 1. The summed E-state index contributed by atoms with van der Waals surface area (Å²) < 4.78 is 0. The smallest absolute Gasteiger partial charge is 0.0402 e. The molecule has 3 atom stereocenters. The average molecular weight is 213 g/mol. The largest absolute Gasteiger partial charge is 0.397 e. The van der Waals surface area contributed by atoms with Gasteiger partial charge >= 0.3 is 0 Å². The van der Waals surface area contributed by atoms with Crippen LogP contribution in [0.5, 0.6) is 0 Å². The SMILES string of the molecule is CCO.CNC1(C)C2CCC(C2)C1(C)C. The predicted octanol–water partition coefficient (Wildman–Crippen LogP) is 2.42. The molecule has 2 aliphatic rings. The van der Waals surface area contributed by atoms with E-state index in [0.29, 0.717) is 11.0 Å². The molecule has 0 heterocycles. The molecule has 2 aliphatic carbocycles. The minimum Gasteiger partial charge on any atom is -0.397 e. The van der Waals surface area contributed by atoms with Gasteiger partial charge in [-0.15, -0.1) is 0 Å². The van der Waals surface area contributed by atoms with Crippen LogP contribution in [0.3, 0.4) is 0 Å². The lowest BCUT2D eigenvalue weighted by atomic mass is 9.64. The summed E-state index contributed by atoms with van der Waals surface area (Å²) in [5.41, 5.74) is 0.903. The van der Waals surface area contributed by atoms with Gasteiger partial charge in [0, 0.05) is 12.1 Å². The van der Waals surface area contributed by atoms with E-state index in [1.54, 1.807) is 6.92 Å². The molecule has 0 aliphatic heterocycles. The van der Waals surface area contributed by atoms with Crippen molar-refractivity contribution >= 4 is 0 Å². The van der Waals surface area contributed by atoms with Gasteiger partial charge in [-0.2, -0.15) is 0 Å². The third kappa shape index (κ3) is 1.83. The normalized spacial score (nSPS) is 41.2. The van der Waals surface area contributed by atoms with Crippen LogP contribution >= 0.6 is 0 Å². The predicted molar refractivity (Wildman–Crippen MR) is 64.8 cm³/mol. The lowest BCUT2D eigenvalue weighted by Crippen LogP contribution is -2.55. The molecule has 2 N–H and O–H groups in total. The fraction of sp³-hybridized carbons (Fsp3) is 1.00. The number of aliphatic hydroxyl groups is 1. The highest BCUT2D eigenvalue weighted by molar-refractivity contribution is 5.13. The summed E-state index contributed by atoms with van der Waals surface area (Å²) in [5, 5.41) is 11.1. The van der Waals surface area contributed by atoms with Crippen molar-refractivity contribution in [2.24, 2.45) is 17.3 Å². The molecule has 0 saturated heterocycles. The summed E-state index contributed by atoms with van der Waals surface area (Å²) in [6.07, 6.45) is 4.38. The quantitative estimate of drug-likeness (QED) is 0.701. The zero-order valence-corrected chi connectivity index (χ0v) is 10.9. The van der Waals surface area contributed by atoms with Gasteiger partial charge in [0.25, 0.3) is 0 Å². The van der Waals surface area contributed by atoms with Crippen LogP contribution < -0.4 is 5.32 Å². The van der Waals surface area contributed by atoms with Gasteiger partial charge in [0.1, 0.15) is 0 Å². The van der Waals surface area contributed by atoms with E-state index in [2.05, 4.69) is 33.1 Å². The Labute approximate surface area is 94.5 Å². The highest BCUT2D eigenvalue weighted by atomic mass is 16.2. The zero-order chi connectivity index (χ0) is 11.7. The van der Waals surface area contributed by atoms with Crippen molar-refractivity contribution in [2.75, 3.05) is 13.7 Å². The zero-order valence-electron chi connectivity index (χ0n) is 10.9.